The SMILES string of the molecule is c1cc(C2NCCO2)cc(C2NCCO2)c1. The van der Waals surface area contributed by atoms with E-state index in [0.717, 1.165) is 26.3 Å². The third-order valence-electron chi connectivity index (χ3n) is 2.95. The molecular weight excluding hydrogens is 204 g/mol. The molecule has 1 aromatic carbocycles. The van der Waals surface area contributed by atoms with Crippen LogP contribution in [0, 0.1) is 0 Å². The maximum atomic E-state index is 5.58. The average molecular weight is 220 g/mol. The first-order chi connectivity index (χ1) is 7.93. The Labute approximate surface area is 94.9 Å². The van der Waals surface area contributed by atoms with Crippen molar-refractivity contribution >= 4 is 0 Å². The zero-order valence-corrected chi connectivity index (χ0v) is 9.11. The van der Waals surface area contributed by atoms with Crippen LogP contribution in [0.4, 0.5) is 0 Å². The van der Waals surface area contributed by atoms with Crippen molar-refractivity contribution < 1.29 is 9.47 Å². The molecule has 2 unspecified atom stereocenters. The normalized spacial score (nSPS) is 29.8. The van der Waals surface area contributed by atoms with Crippen molar-refractivity contribution in [2.45, 2.75) is 12.5 Å². The van der Waals surface area contributed by atoms with Crippen LogP contribution in [0.25, 0.3) is 0 Å². The molecule has 0 amide bonds. The van der Waals surface area contributed by atoms with Gasteiger partial charge in [-0.2, -0.15) is 0 Å². The van der Waals surface area contributed by atoms with Crippen LogP contribution in [0.3, 0.4) is 0 Å². The second-order valence-electron chi connectivity index (χ2n) is 4.08. The lowest BCUT2D eigenvalue weighted by atomic mass is 10.1. The third kappa shape index (κ3) is 1.97. The third-order valence-corrected chi connectivity index (χ3v) is 2.95. The fourth-order valence-electron chi connectivity index (χ4n) is 2.16. The monoisotopic (exact) mass is 220 g/mol. The summed E-state index contributed by atoms with van der Waals surface area (Å²) in [6, 6.07) is 8.37. The summed E-state index contributed by atoms with van der Waals surface area (Å²) in [5.74, 6) is 0. The first-order valence-corrected chi connectivity index (χ1v) is 5.73. The van der Waals surface area contributed by atoms with Crippen molar-refractivity contribution in [1.29, 1.82) is 0 Å². The van der Waals surface area contributed by atoms with Crippen LogP contribution < -0.4 is 10.6 Å². The molecule has 2 fully saturated rings. The van der Waals surface area contributed by atoms with E-state index in [1.54, 1.807) is 0 Å². The van der Waals surface area contributed by atoms with Gasteiger partial charge < -0.3 is 9.47 Å². The van der Waals surface area contributed by atoms with Gasteiger partial charge in [0.05, 0.1) is 13.2 Å². The molecule has 4 nitrogen and oxygen atoms in total. The molecule has 2 heterocycles. The van der Waals surface area contributed by atoms with E-state index in [4.69, 9.17) is 9.47 Å². The van der Waals surface area contributed by atoms with E-state index in [0.29, 0.717) is 0 Å². The fraction of sp³-hybridized carbons (Fsp3) is 0.500. The summed E-state index contributed by atoms with van der Waals surface area (Å²) in [5.41, 5.74) is 2.35. The molecule has 2 atom stereocenters. The Kier molecular flexibility index (Phi) is 2.88. The van der Waals surface area contributed by atoms with E-state index in [9.17, 15) is 0 Å². The topological polar surface area (TPSA) is 42.5 Å². The Morgan fingerprint density at radius 2 is 1.50 bits per heavy atom. The van der Waals surface area contributed by atoms with Gasteiger partial charge in [0, 0.05) is 13.1 Å². The van der Waals surface area contributed by atoms with Gasteiger partial charge in [0.25, 0.3) is 0 Å². The van der Waals surface area contributed by atoms with E-state index < -0.39 is 0 Å². The molecule has 2 aliphatic rings. The molecule has 0 aromatic heterocycles. The predicted octanol–water partition coefficient (Wildman–Crippen LogP) is 0.923. The van der Waals surface area contributed by atoms with Gasteiger partial charge in [-0.1, -0.05) is 18.2 Å². The molecule has 0 saturated carbocycles. The highest BCUT2D eigenvalue weighted by atomic mass is 16.5. The maximum absolute atomic E-state index is 5.58. The molecule has 2 aliphatic heterocycles. The minimum Gasteiger partial charge on any atom is -0.358 e. The highest BCUT2D eigenvalue weighted by molar-refractivity contribution is 5.27. The summed E-state index contributed by atoms with van der Waals surface area (Å²) in [5, 5.41) is 6.61. The van der Waals surface area contributed by atoms with E-state index in [1.807, 2.05) is 0 Å². The molecule has 86 valence electrons. The minimum atomic E-state index is 0.0429. The Morgan fingerprint density at radius 1 is 0.938 bits per heavy atom. The van der Waals surface area contributed by atoms with Gasteiger partial charge in [-0.15, -0.1) is 0 Å². The molecule has 4 heteroatoms. The number of benzene rings is 1. The van der Waals surface area contributed by atoms with Crippen molar-refractivity contribution in [1.82, 2.24) is 10.6 Å². The summed E-state index contributed by atoms with van der Waals surface area (Å²) >= 11 is 0. The largest absolute Gasteiger partial charge is 0.358 e. The van der Waals surface area contributed by atoms with Crippen LogP contribution in [-0.2, 0) is 9.47 Å². The number of hydrogen-bond donors (Lipinski definition) is 2. The summed E-state index contributed by atoms with van der Waals surface area (Å²) in [6.07, 6.45) is 0.0858. The first kappa shape index (κ1) is 10.2. The number of hydrogen-bond acceptors (Lipinski definition) is 4. The number of ether oxygens (including phenoxy) is 2. The average Bonchev–Trinajstić information content (AvgIpc) is 3.03. The summed E-state index contributed by atoms with van der Waals surface area (Å²) in [7, 11) is 0. The predicted molar refractivity (Wildman–Crippen MR) is 59.8 cm³/mol. The Balaban J connectivity index is 1.81. The summed E-state index contributed by atoms with van der Waals surface area (Å²) in [6.45, 7) is 3.42. The van der Waals surface area contributed by atoms with E-state index in [2.05, 4.69) is 34.9 Å². The van der Waals surface area contributed by atoms with Crippen LogP contribution >= 0.6 is 0 Å². The molecule has 2 saturated heterocycles. The molecule has 0 aliphatic carbocycles. The lowest BCUT2D eigenvalue weighted by molar-refractivity contribution is 0.0968. The van der Waals surface area contributed by atoms with Crippen LogP contribution in [-0.4, -0.2) is 26.3 Å². The molecule has 0 radical (unpaired) electrons. The Bertz CT molecular complexity index is 327. The van der Waals surface area contributed by atoms with Crippen molar-refractivity contribution in [3.05, 3.63) is 35.4 Å². The lowest BCUT2D eigenvalue weighted by Gasteiger charge is -2.14. The minimum absolute atomic E-state index is 0.0429. The van der Waals surface area contributed by atoms with Crippen molar-refractivity contribution in [3.63, 3.8) is 0 Å². The van der Waals surface area contributed by atoms with Crippen LogP contribution in [0.2, 0.25) is 0 Å². The second-order valence-corrected chi connectivity index (χ2v) is 4.08. The molecule has 1 aromatic rings. The van der Waals surface area contributed by atoms with Crippen molar-refractivity contribution in [2.24, 2.45) is 0 Å². The van der Waals surface area contributed by atoms with Gasteiger partial charge in [-0.25, -0.2) is 0 Å². The van der Waals surface area contributed by atoms with Gasteiger partial charge in [-0.3, -0.25) is 10.6 Å². The van der Waals surface area contributed by atoms with Crippen LogP contribution in [0.5, 0.6) is 0 Å². The molecule has 2 N–H and O–H groups in total. The number of rotatable bonds is 2. The van der Waals surface area contributed by atoms with Crippen molar-refractivity contribution in [3.8, 4) is 0 Å². The fourth-order valence-corrected chi connectivity index (χ4v) is 2.16. The zero-order valence-electron chi connectivity index (χ0n) is 9.11. The van der Waals surface area contributed by atoms with E-state index in [1.165, 1.54) is 11.1 Å². The molecule has 3 rings (SSSR count). The molecule has 0 bridgehead atoms. The Hall–Kier alpha value is -0.940. The second kappa shape index (κ2) is 4.51. The van der Waals surface area contributed by atoms with E-state index in [-0.39, 0.29) is 12.5 Å². The molecule has 0 spiro atoms. The number of nitrogens with one attached hydrogen (secondary N) is 2. The zero-order chi connectivity index (χ0) is 10.8. The Morgan fingerprint density at radius 3 is 1.94 bits per heavy atom. The van der Waals surface area contributed by atoms with Gasteiger partial charge in [0.2, 0.25) is 0 Å². The first-order valence-electron chi connectivity index (χ1n) is 5.73. The molecule has 16 heavy (non-hydrogen) atoms. The van der Waals surface area contributed by atoms with Crippen LogP contribution in [0.1, 0.15) is 23.6 Å². The smallest absolute Gasteiger partial charge is 0.134 e. The van der Waals surface area contributed by atoms with Gasteiger partial charge in [0.1, 0.15) is 12.5 Å². The van der Waals surface area contributed by atoms with E-state index >= 15 is 0 Å². The highest BCUT2D eigenvalue weighted by Gasteiger charge is 2.20. The van der Waals surface area contributed by atoms with Gasteiger partial charge in [-0.05, 0) is 17.2 Å². The maximum Gasteiger partial charge on any atom is 0.134 e. The quantitative estimate of drug-likeness (QED) is 0.778. The van der Waals surface area contributed by atoms with Gasteiger partial charge in [0.15, 0.2) is 0 Å². The van der Waals surface area contributed by atoms with Gasteiger partial charge >= 0.3 is 0 Å². The molecular formula is C12H16N2O2. The van der Waals surface area contributed by atoms with Crippen molar-refractivity contribution in [2.75, 3.05) is 26.3 Å². The standard InChI is InChI=1S/C12H16N2O2/c1-2-9(11-13-4-6-15-11)8-10(3-1)12-14-5-7-16-12/h1-3,8,11-14H,4-7H2. The lowest BCUT2D eigenvalue weighted by Crippen LogP contribution is -2.16. The highest BCUT2D eigenvalue weighted by Crippen LogP contribution is 2.23. The summed E-state index contributed by atoms with van der Waals surface area (Å²) in [4.78, 5) is 0. The summed E-state index contributed by atoms with van der Waals surface area (Å²) < 4.78 is 11.2. The van der Waals surface area contributed by atoms with Crippen LogP contribution in [0.15, 0.2) is 24.3 Å².